The topological polar surface area (TPSA) is 70.7 Å². The van der Waals surface area contributed by atoms with Gasteiger partial charge in [0.1, 0.15) is 11.6 Å². The fourth-order valence-corrected chi connectivity index (χ4v) is 4.71. The highest BCUT2D eigenvalue weighted by molar-refractivity contribution is 8.16. The van der Waals surface area contributed by atoms with Crippen molar-refractivity contribution in [3.63, 3.8) is 0 Å². The highest BCUT2D eigenvalue weighted by Crippen LogP contribution is 2.29. The summed E-state index contributed by atoms with van der Waals surface area (Å²) in [5.74, 6) is 0.672. The smallest absolute Gasteiger partial charge is 0.283 e. The minimum Gasteiger partial charge on any atom is -0.494 e. The van der Waals surface area contributed by atoms with Gasteiger partial charge in [-0.2, -0.15) is 4.99 Å². The number of fused-ring (bicyclic) bond motifs is 2. The number of benzene rings is 2. The van der Waals surface area contributed by atoms with Crippen LogP contribution in [0.15, 0.2) is 76.9 Å². The normalized spacial score (nSPS) is 16.6. The molecule has 1 N–H and O–H groups in total. The van der Waals surface area contributed by atoms with Crippen LogP contribution in [0, 0.1) is 5.41 Å². The number of nitrogens with zero attached hydrogens (tertiary/aromatic N) is 3. The molecule has 3 aromatic rings. The van der Waals surface area contributed by atoms with Gasteiger partial charge in [-0.05, 0) is 48.1 Å². The van der Waals surface area contributed by atoms with E-state index in [1.165, 1.54) is 17.3 Å². The lowest BCUT2D eigenvalue weighted by Crippen LogP contribution is -2.35. The van der Waals surface area contributed by atoms with Crippen LogP contribution in [0.25, 0.3) is 17.0 Å². The molecule has 2 aliphatic rings. The molecule has 3 heterocycles. The van der Waals surface area contributed by atoms with Gasteiger partial charge >= 0.3 is 0 Å². The first-order valence-corrected chi connectivity index (χ1v) is 11.9. The molecule has 0 saturated carbocycles. The zero-order valence-corrected chi connectivity index (χ0v) is 19.1. The van der Waals surface area contributed by atoms with E-state index >= 15 is 0 Å². The number of carbonyl (C=O) groups is 1. The van der Waals surface area contributed by atoms with Crippen LogP contribution in [0.1, 0.15) is 24.5 Å². The molecule has 0 unspecified atom stereocenters. The van der Waals surface area contributed by atoms with E-state index < -0.39 is 0 Å². The van der Waals surface area contributed by atoms with Crippen molar-refractivity contribution in [2.24, 2.45) is 4.99 Å². The van der Waals surface area contributed by atoms with Gasteiger partial charge in [-0.1, -0.05) is 49.0 Å². The van der Waals surface area contributed by atoms with E-state index in [4.69, 9.17) is 10.1 Å². The third-order valence-electron chi connectivity index (χ3n) is 5.78. The molecule has 0 radical (unpaired) electrons. The summed E-state index contributed by atoms with van der Waals surface area (Å²) in [6.07, 6.45) is 7.47. The zero-order chi connectivity index (χ0) is 22.8. The van der Waals surface area contributed by atoms with Crippen LogP contribution in [-0.4, -0.2) is 33.0 Å². The maximum absolute atomic E-state index is 12.6. The predicted octanol–water partition coefficient (Wildman–Crippen LogP) is 5.45. The summed E-state index contributed by atoms with van der Waals surface area (Å²) in [4.78, 5) is 18.4. The Labute approximate surface area is 196 Å². The SMILES string of the molecule is CCc1ccc(OCCCn2cc(C=C3C(=N)N4C=CSC4=NC3=O)c3ccccc32)cc1. The van der Waals surface area contributed by atoms with Gasteiger partial charge in [0, 0.05) is 35.4 Å². The summed E-state index contributed by atoms with van der Waals surface area (Å²) in [6, 6.07) is 16.4. The number of hydrogen-bond acceptors (Lipinski definition) is 4. The Balaban J connectivity index is 1.34. The number of aryl methyl sites for hydroxylation is 2. The van der Waals surface area contributed by atoms with E-state index in [0.29, 0.717) is 17.3 Å². The number of aromatic nitrogens is 1. The Hall–Kier alpha value is -3.58. The van der Waals surface area contributed by atoms with Gasteiger partial charge in [0.25, 0.3) is 5.91 Å². The minimum absolute atomic E-state index is 0.158. The molecule has 1 aromatic heterocycles. The second kappa shape index (κ2) is 9.11. The van der Waals surface area contributed by atoms with Crippen molar-refractivity contribution in [3.8, 4) is 5.75 Å². The molecule has 166 valence electrons. The lowest BCUT2D eigenvalue weighted by Gasteiger charge is -2.22. The van der Waals surface area contributed by atoms with Crippen molar-refractivity contribution >= 4 is 45.7 Å². The number of ether oxygens (including phenoxy) is 1. The molecule has 2 aliphatic heterocycles. The molecule has 2 aromatic carbocycles. The number of rotatable bonds is 7. The van der Waals surface area contributed by atoms with E-state index in [-0.39, 0.29) is 11.7 Å². The molecule has 1 amide bonds. The molecular weight excluding hydrogens is 432 g/mol. The largest absolute Gasteiger partial charge is 0.494 e. The molecular formula is C26H24N4O2S. The van der Waals surface area contributed by atoms with Crippen molar-refractivity contribution < 1.29 is 9.53 Å². The van der Waals surface area contributed by atoms with Gasteiger partial charge in [0.15, 0.2) is 5.17 Å². The van der Waals surface area contributed by atoms with Crippen LogP contribution in [0.2, 0.25) is 0 Å². The van der Waals surface area contributed by atoms with Crippen molar-refractivity contribution in [2.45, 2.75) is 26.3 Å². The van der Waals surface area contributed by atoms with Crippen molar-refractivity contribution in [1.29, 1.82) is 5.41 Å². The van der Waals surface area contributed by atoms with Gasteiger partial charge in [0.05, 0.1) is 12.2 Å². The molecule has 0 fully saturated rings. The van der Waals surface area contributed by atoms with Gasteiger partial charge in [-0.3, -0.25) is 15.1 Å². The molecule has 0 aliphatic carbocycles. The maximum Gasteiger partial charge on any atom is 0.283 e. The van der Waals surface area contributed by atoms with Crippen molar-refractivity contribution in [2.75, 3.05) is 6.61 Å². The van der Waals surface area contributed by atoms with E-state index in [0.717, 1.165) is 41.6 Å². The summed E-state index contributed by atoms with van der Waals surface area (Å²) < 4.78 is 8.09. The van der Waals surface area contributed by atoms with Gasteiger partial charge in [0.2, 0.25) is 0 Å². The monoisotopic (exact) mass is 456 g/mol. The first-order valence-electron chi connectivity index (χ1n) is 11.0. The number of amides is 1. The second-order valence-corrected chi connectivity index (χ2v) is 8.75. The van der Waals surface area contributed by atoms with Gasteiger partial charge in [-0.25, -0.2) is 0 Å². The van der Waals surface area contributed by atoms with E-state index in [2.05, 4.69) is 34.7 Å². The number of nitrogens with one attached hydrogen (secondary N) is 1. The van der Waals surface area contributed by atoms with Crippen LogP contribution < -0.4 is 4.74 Å². The Kier molecular flexibility index (Phi) is 5.88. The lowest BCUT2D eigenvalue weighted by atomic mass is 10.1. The van der Waals surface area contributed by atoms with Crippen molar-refractivity contribution in [1.82, 2.24) is 9.47 Å². The first kappa shape index (κ1) is 21.3. The molecule has 33 heavy (non-hydrogen) atoms. The standard InChI is InChI=1S/C26H24N4O2S/c1-2-18-8-10-20(11-9-18)32-14-5-12-29-17-19(21-6-3-4-7-23(21)29)16-22-24(27)30-13-15-33-26(30)28-25(22)31/h3-4,6-11,13,15-17,27H,2,5,12,14H2,1H3. The second-order valence-electron chi connectivity index (χ2n) is 7.87. The molecule has 6 nitrogen and oxygen atoms in total. The fraction of sp³-hybridized carbons (Fsp3) is 0.192. The average Bonchev–Trinajstić information content (AvgIpc) is 3.45. The van der Waals surface area contributed by atoms with Crippen molar-refractivity contribution in [3.05, 3.63) is 83.0 Å². The number of aliphatic imine (C=N–C) groups is 1. The first-order chi connectivity index (χ1) is 16.1. The maximum atomic E-state index is 12.6. The number of thioether (sulfide) groups is 1. The minimum atomic E-state index is -0.373. The molecule has 5 rings (SSSR count). The third kappa shape index (κ3) is 4.24. The summed E-state index contributed by atoms with van der Waals surface area (Å²) >= 11 is 1.35. The van der Waals surface area contributed by atoms with Crippen LogP contribution in [-0.2, 0) is 17.8 Å². The van der Waals surface area contributed by atoms with E-state index in [1.807, 2.05) is 41.9 Å². The Morgan fingerprint density at radius 3 is 2.79 bits per heavy atom. The number of hydrogen-bond donors (Lipinski definition) is 1. The zero-order valence-electron chi connectivity index (χ0n) is 18.3. The lowest BCUT2D eigenvalue weighted by molar-refractivity contribution is -0.114. The Morgan fingerprint density at radius 1 is 1.15 bits per heavy atom. The van der Waals surface area contributed by atoms with Gasteiger partial charge in [-0.15, -0.1) is 0 Å². The Bertz CT molecular complexity index is 1320. The highest BCUT2D eigenvalue weighted by atomic mass is 32.2. The quantitative estimate of drug-likeness (QED) is 0.379. The average molecular weight is 457 g/mol. The summed E-state index contributed by atoms with van der Waals surface area (Å²) in [5, 5.41) is 11.9. The molecule has 7 heteroatoms. The molecule has 0 spiro atoms. The number of carbonyl (C=O) groups excluding carboxylic acids is 1. The third-order valence-corrected chi connectivity index (χ3v) is 6.53. The highest BCUT2D eigenvalue weighted by Gasteiger charge is 2.31. The van der Waals surface area contributed by atoms with E-state index in [9.17, 15) is 4.79 Å². The number of para-hydroxylation sites is 1. The predicted molar refractivity (Wildman–Crippen MR) is 135 cm³/mol. The molecule has 0 bridgehead atoms. The van der Waals surface area contributed by atoms with Crippen LogP contribution >= 0.6 is 11.8 Å². The van der Waals surface area contributed by atoms with E-state index in [1.54, 1.807) is 17.2 Å². The van der Waals surface area contributed by atoms with Crippen LogP contribution in [0.4, 0.5) is 0 Å². The Morgan fingerprint density at radius 2 is 1.97 bits per heavy atom. The molecule has 0 saturated heterocycles. The number of amidine groups is 2. The van der Waals surface area contributed by atoms with Crippen LogP contribution in [0.3, 0.4) is 0 Å². The summed E-state index contributed by atoms with van der Waals surface area (Å²) in [6.45, 7) is 3.55. The summed E-state index contributed by atoms with van der Waals surface area (Å²) in [7, 11) is 0. The summed E-state index contributed by atoms with van der Waals surface area (Å²) in [5.41, 5.74) is 3.60. The van der Waals surface area contributed by atoms with Gasteiger partial charge < -0.3 is 9.30 Å². The van der Waals surface area contributed by atoms with Crippen LogP contribution in [0.5, 0.6) is 5.75 Å². The fourth-order valence-electron chi connectivity index (χ4n) is 4.01. The molecule has 0 atom stereocenters.